The largest absolute Gasteiger partial charge is 0.376 e. The Bertz CT molecular complexity index is 625. The molecule has 6 heteroatoms. The van der Waals surface area contributed by atoms with Crippen molar-refractivity contribution in [3.05, 3.63) is 51.7 Å². The van der Waals surface area contributed by atoms with Gasteiger partial charge in [0.1, 0.15) is 0 Å². The second kappa shape index (κ2) is 7.81. The normalized spacial score (nSPS) is 17.2. The molecule has 0 aliphatic carbocycles. The first kappa shape index (κ1) is 16.3. The lowest BCUT2D eigenvalue weighted by atomic mass is 10.2. The molecule has 0 bridgehead atoms. The van der Waals surface area contributed by atoms with E-state index in [1.54, 1.807) is 35.6 Å². The Labute approximate surface area is 145 Å². The summed E-state index contributed by atoms with van der Waals surface area (Å²) in [5.74, 6) is 0. The first-order valence-corrected chi connectivity index (χ1v) is 8.92. The van der Waals surface area contributed by atoms with Gasteiger partial charge < -0.3 is 15.0 Å². The van der Waals surface area contributed by atoms with Gasteiger partial charge in [-0.05, 0) is 48.6 Å². The minimum atomic E-state index is -0.115. The fourth-order valence-corrected chi connectivity index (χ4v) is 3.43. The summed E-state index contributed by atoms with van der Waals surface area (Å²) in [6.45, 7) is 1.99. The maximum absolute atomic E-state index is 12.6. The maximum Gasteiger partial charge on any atom is 0.322 e. The molecule has 2 amide bonds. The predicted molar refractivity (Wildman–Crippen MR) is 94.2 cm³/mol. The lowest BCUT2D eigenvalue weighted by molar-refractivity contribution is 0.0821. The van der Waals surface area contributed by atoms with Crippen LogP contribution in [-0.2, 0) is 11.3 Å². The van der Waals surface area contributed by atoms with Crippen LogP contribution >= 0.6 is 22.9 Å². The van der Waals surface area contributed by atoms with Crippen molar-refractivity contribution in [3.63, 3.8) is 0 Å². The third kappa shape index (κ3) is 4.70. The number of benzene rings is 1. The fourth-order valence-electron chi connectivity index (χ4n) is 2.58. The number of carbonyl (C=O) groups is 1. The van der Waals surface area contributed by atoms with E-state index in [1.165, 1.54) is 0 Å². The first-order valence-electron chi connectivity index (χ1n) is 7.66. The van der Waals surface area contributed by atoms with E-state index in [4.69, 9.17) is 16.3 Å². The van der Waals surface area contributed by atoms with Crippen LogP contribution in [0, 0.1) is 0 Å². The Morgan fingerprint density at radius 1 is 1.35 bits per heavy atom. The zero-order chi connectivity index (χ0) is 16.1. The lowest BCUT2D eigenvalue weighted by Crippen LogP contribution is -2.39. The summed E-state index contributed by atoms with van der Waals surface area (Å²) in [5, 5.41) is 5.61. The number of thiophene rings is 1. The molecule has 1 atom stereocenters. The molecule has 1 saturated heterocycles. The van der Waals surface area contributed by atoms with Crippen LogP contribution in [-0.4, -0.2) is 30.2 Å². The molecule has 1 aromatic heterocycles. The van der Waals surface area contributed by atoms with Crippen LogP contribution in [0.2, 0.25) is 5.02 Å². The van der Waals surface area contributed by atoms with E-state index in [-0.39, 0.29) is 12.1 Å². The number of carbonyl (C=O) groups excluding carboxylic acids is 1. The summed E-state index contributed by atoms with van der Waals surface area (Å²) < 4.78 is 5.68. The summed E-state index contributed by atoms with van der Waals surface area (Å²) in [6, 6.07) is 11.1. The van der Waals surface area contributed by atoms with E-state index < -0.39 is 0 Å². The highest BCUT2D eigenvalue weighted by Crippen LogP contribution is 2.19. The maximum atomic E-state index is 12.6. The molecule has 4 nitrogen and oxygen atoms in total. The van der Waals surface area contributed by atoms with Gasteiger partial charge in [0.2, 0.25) is 0 Å². The highest BCUT2D eigenvalue weighted by Gasteiger charge is 2.23. The van der Waals surface area contributed by atoms with Crippen LogP contribution in [0.25, 0.3) is 0 Å². The van der Waals surface area contributed by atoms with Gasteiger partial charge >= 0.3 is 6.03 Å². The molecule has 2 aromatic rings. The number of nitrogens with zero attached hydrogens (tertiary/aromatic N) is 1. The summed E-state index contributed by atoms with van der Waals surface area (Å²) in [7, 11) is 0. The Morgan fingerprint density at radius 3 is 2.83 bits per heavy atom. The highest BCUT2D eigenvalue weighted by molar-refractivity contribution is 7.09. The molecule has 1 fully saturated rings. The van der Waals surface area contributed by atoms with Gasteiger partial charge in [-0.15, -0.1) is 11.3 Å². The third-order valence-electron chi connectivity index (χ3n) is 3.76. The van der Waals surface area contributed by atoms with E-state index in [0.29, 0.717) is 18.1 Å². The van der Waals surface area contributed by atoms with Gasteiger partial charge in [-0.2, -0.15) is 0 Å². The van der Waals surface area contributed by atoms with Crippen molar-refractivity contribution in [2.45, 2.75) is 25.5 Å². The average molecular weight is 351 g/mol. The fraction of sp³-hybridized carbons (Fsp3) is 0.353. The molecule has 3 rings (SSSR count). The van der Waals surface area contributed by atoms with Crippen LogP contribution < -0.4 is 5.32 Å². The molecular weight excluding hydrogens is 332 g/mol. The quantitative estimate of drug-likeness (QED) is 0.855. The van der Waals surface area contributed by atoms with E-state index >= 15 is 0 Å². The molecule has 0 saturated carbocycles. The molecule has 1 aliphatic rings. The number of hydrogen-bond donors (Lipinski definition) is 1. The van der Waals surface area contributed by atoms with Gasteiger partial charge in [-0.1, -0.05) is 17.7 Å². The van der Waals surface area contributed by atoms with Crippen molar-refractivity contribution >= 4 is 34.7 Å². The van der Waals surface area contributed by atoms with Gasteiger partial charge in [0.25, 0.3) is 0 Å². The number of anilines is 1. The molecule has 1 aromatic carbocycles. The van der Waals surface area contributed by atoms with E-state index in [0.717, 1.165) is 30.0 Å². The van der Waals surface area contributed by atoms with Gasteiger partial charge in [-0.25, -0.2) is 4.79 Å². The highest BCUT2D eigenvalue weighted by atomic mass is 35.5. The number of rotatable bonds is 5. The molecule has 122 valence electrons. The summed E-state index contributed by atoms with van der Waals surface area (Å²) >= 11 is 7.54. The Balaban J connectivity index is 1.67. The number of amides is 2. The number of urea groups is 1. The SMILES string of the molecule is O=C(Nc1ccc(Cl)cc1)N(Cc1cccs1)CC1CCCO1. The molecule has 0 radical (unpaired) electrons. The number of hydrogen-bond acceptors (Lipinski definition) is 3. The van der Waals surface area contributed by atoms with Crippen LogP contribution in [0.3, 0.4) is 0 Å². The number of ether oxygens (including phenoxy) is 1. The molecule has 1 aliphatic heterocycles. The summed E-state index contributed by atoms with van der Waals surface area (Å²) in [6.07, 6.45) is 2.21. The van der Waals surface area contributed by atoms with Gasteiger partial charge in [0.05, 0.1) is 12.6 Å². The Kier molecular flexibility index (Phi) is 5.54. The van der Waals surface area contributed by atoms with Crippen molar-refractivity contribution in [2.75, 3.05) is 18.5 Å². The minimum absolute atomic E-state index is 0.115. The van der Waals surface area contributed by atoms with Crippen molar-refractivity contribution < 1.29 is 9.53 Å². The second-order valence-corrected chi connectivity index (χ2v) is 7.00. The van der Waals surface area contributed by atoms with E-state index in [2.05, 4.69) is 5.32 Å². The van der Waals surface area contributed by atoms with Crippen molar-refractivity contribution in [2.24, 2.45) is 0 Å². The number of nitrogens with one attached hydrogen (secondary N) is 1. The van der Waals surface area contributed by atoms with Gasteiger partial charge in [-0.3, -0.25) is 0 Å². The van der Waals surface area contributed by atoms with Gasteiger partial charge in [0.15, 0.2) is 0 Å². The molecule has 1 N–H and O–H groups in total. The van der Waals surface area contributed by atoms with Crippen molar-refractivity contribution in [1.82, 2.24) is 4.90 Å². The monoisotopic (exact) mass is 350 g/mol. The van der Waals surface area contributed by atoms with Gasteiger partial charge in [0, 0.05) is 28.7 Å². The van der Waals surface area contributed by atoms with E-state index in [9.17, 15) is 4.79 Å². The molecule has 1 unspecified atom stereocenters. The zero-order valence-electron chi connectivity index (χ0n) is 12.7. The Hall–Kier alpha value is -1.56. The van der Waals surface area contributed by atoms with Crippen LogP contribution in [0.15, 0.2) is 41.8 Å². The molecule has 23 heavy (non-hydrogen) atoms. The first-order chi connectivity index (χ1) is 11.2. The molecule has 2 heterocycles. The second-order valence-electron chi connectivity index (χ2n) is 5.53. The van der Waals surface area contributed by atoms with Crippen LogP contribution in [0.5, 0.6) is 0 Å². The van der Waals surface area contributed by atoms with Crippen molar-refractivity contribution in [3.8, 4) is 0 Å². The minimum Gasteiger partial charge on any atom is -0.376 e. The lowest BCUT2D eigenvalue weighted by Gasteiger charge is -2.25. The van der Waals surface area contributed by atoms with E-state index in [1.807, 2.05) is 22.4 Å². The summed E-state index contributed by atoms with van der Waals surface area (Å²) in [5.41, 5.74) is 0.739. The van der Waals surface area contributed by atoms with Crippen LogP contribution in [0.1, 0.15) is 17.7 Å². The molecular formula is C17H19ClN2O2S. The Morgan fingerprint density at radius 2 is 2.17 bits per heavy atom. The standard InChI is InChI=1S/C17H19ClN2O2S/c18-13-5-7-14(8-6-13)19-17(21)20(11-15-3-1-9-22-15)12-16-4-2-10-23-16/h2,4-8,10,15H,1,3,9,11-12H2,(H,19,21). The topological polar surface area (TPSA) is 41.6 Å². The number of halogens is 1. The summed E-state index contributed by atoms with van der Waals surface area (Å²) in [4.78, 5) is 15.6. The predicted octanol–water partition coefficient (Wildman–Crippen LogP) is 4.61. The third-order valence-corrected chi connectivity index (χ3v) is 4.87. The molecule has 0 spiro atoms. The smallest absolute Gasteiger partial charge is 0.322 e. The zero-order valence-corrected chi connectivity index (χ0v) is 14.3. The average Bonchev–Trinajstić information content (AvgIpc) is 3.22. The van der Waals surface area contributed by atoms with Crippen molar-refractivity contribution in [1.29, 1.82) is 0 Å². The van der Waals surface area contributed by atoms with Crippen LogP contribution in [0.4, 0.5) is 10.5 Å².